The lowest BCUT2D eigenvalue weighted by molar-refractivity contribution is -0.125. The molecule has 1 amide bonds. The van der Waals surface area contributed by atoms with Crippen LogP contribution in [0.3, 0.4) is 0 Å². The highest BCUT2D eigenvalue weighted by Crippen LogP contribution is 2.36. The zero-order valence-electron chi connectivity index (χ0n) is 11.6. The van der Waals surface area contributed by atoms with Gasteiger partial charge in [-0.1, -0.05) is 13.8 Å². The molecule has 0 spiro atoms. The minimum atomic E-state index is -0.422. The molecule has 20 heavy (non-hydrogen) atoms. The van der Waals surface area contributed by atoms with Gasteiger partial charge in [-0.15, -0.1) is 11.3 Å². The first-order valence-corrected chi connectivity index (χ1v) is 7.46. The molecule has 5 heteroatoms. The van der Waals surface area contributed by atoms with Gasteiger partial charge in [-0.2, -0.15) is 0 Å². The highest BCUT2D eigenvalue weighted by molar-refractivity contribution is 7.10. The predicted molar refractivity (Wildman–Crippen MR) is 80.2 cm³/mol. The summed E-state index contributed by atoms with van der Waals surface area (Å²) < 4.78 is 5.78. The van der Waals surface area contributed by atoms with E-state index in [9.17, 15) is 4.79 Å². The maximum absolute atomic E-state index is 12.0. The molecular weight excluding hydrogens is 272 g/mol. The molecule has 1 atom stereocenters. The van der Waals surface area contributed by atoms with E-state index in [1.807, 2.05) is 44.5 Å². The normalized spacial score (nSPS) is 17.6. The van der Waals surface area contributed by atoms with Gasteiger partial charge in [0.2, 0.25) is 0 Å². The van der Waals surface area contributed by atoms with Gasteiger partial charge in [0.25, 0.3) is 5.91 Å². The monoisotopic (exact) mass is 288 g/mol. The Morgan fingerprint density at radius 3 is 2.85 bits per heavy atom. The van der Waals surface area contributed by atoms with Crippen molar-refractivity contribution in [2.45, 2.75) is 26.9 Å². The number of carbonyl (C=O) groups is 1. The van der Waals surface area contributed by atoms with Crippen molar-refractivity contribution < 1.29 is 9.53 Å². The largest absolute Gasteiger partial charge is 0.478 e. The third-order valence-electron chi connectivity index (χ3n) is 3.37. The van der Waals surface area contributed by atoms with Crippen LogP contribution in [0, 0.1) is 12.8 Å². The Bertz CT molecular complexity index is 664. The van der Waals surface area contributed by atoms with Crippen molar-refractivity contribution in [1.82, 2.24) is 4.98 Å². The summed E-state index contributed by atoms with van der Waals surface area (Å²) in [5, 5.41) is 2.92. The first kappa shape index (κ1) is 13.1. The zero-order chi connectivity index (χ0) is 14.3. The van der Waals surface area contributed by atoms with E-state index in [0.717, 1.165) is 27.6 Å². The molecule has 4 nitrogen and oxygen atoms in total. The van der Waals surface area contributed by atoms with E-state index < -0.39 is 6.10 Å². The van der Waals surface area contributed by atoms with Gasteiger partial charge in [-0.05, 0) is 31.0 Å². The number of ether oxygens (including phenoxy) is 1. The van der Waals surface area contributed by atoms with Gasteiger partial charge in [0.1, 0.15) is 5.75 Å². The minimum Gasteiger partial charge on any atom is -0.478 e. The summed E-state index contributed by atoms with van der Waals surface area (Å²) in [7, 11) is 0. The van der Waals surface area contributed by atoms with Crippen LogP contribution in [0.1, 0.15) is 18.7 Å². The van der Waals surface area contributed by atoms with Crippen LogP contribution >= 0.6 is 11.3 Å². The van der Waals surface area contributed by atoms with Gasteiger partial charge in [0.05, 0.1) is 16.9 Å². The number of amides is 1. The average molecular weight is 288 g/mol. The molecule has 2 aromatic rings. The van der Waals surface area contributed by atoms with Crippen molar-refractivity contribution in [3.8, 4) is 17.0 Å². The van der Waals surface area contributed by atoms with E-state index in [1.165, 1.54) is 0 Å². The van der Waals surface area contributed by atoms with Crippen LogP contribution < -0.4 is 10.1 Å². The Kier molecular flexibility index (Phi) is 3.22. The Morgan fingerprint density at radius 1 is 1.40 bits per heavy atom. The van der Waals surface area contributed by atoms with Crippen molar-refractivity contribution in [3.63, 3.8) is 0 Å². The number of aromatic nitrogens is 1. The molecule has 1 aliphatic rings. The highest BCUT2D eigenvalue weighted by atomic mass is 32.1. The van der Waals surface area contributed by atoms with E-state index in [2.05, 4.69) is 10.3 Å². The number of nitrogens with zero attached hydrogens (tertiary/aromatic N) is 1. The van der Waals surface area contributed by atoms with E-state index in [-0.39, 0.29) is 11.8 Å². The summed E-state index contributed by atoms with van der Waals surface area (Å²) in [4.78, 5) is 17.5. The van der Waals surface area contributed by atoms with Crippen LogP contribution in [-0.2, 0) is 4.79 Å². The van der Waals surface area contributed by atoms with E-state index in [4.69, 9.17) is 4.74 Å². The summed E-state index contributed by atoms with van der Waals surface area (Å²) in [5.41, 5.74) is 4.50. The second-order valence-corrected chi connectivity index (χ2v) is 6.30. The molecule has 1 aromatic heterocycles. The molecule has 0 radical (unpaired) electrons. The van der Waals surface area contributed by atoms with Crippen LogP contribution in [-0.4, -0.2) is 17.0 Å². The lowest BCUT2D eigenvalue weighted by Crippen LogP contribution is -2.40. The second kappa shape index (κ2) is 4.90. The second-order valence-electron chi connectivity index (χ2n) is 5.24. The molecule has 0 fully saturated rings. The SMILES string of the molecule is Cc1scnc1-c1ccc2c(c1)NC(=O)C(C(C)C)O2. The van der Waals surface area contributed by atoms with Gasteiger partial charge in [0, 0.05) is 10.4 Å². The highest BCUT2D eigenvalue weighted by Gasteiger charge is 2.30. The molecule has 2 heterocycles. The van der Waals surface area contributed by atoms with Crippen molar-refractivity contribution >= 4 is 22.9 Å². The Balaban J connectivity index is 1.98. The summed E-state index contributed by atoms with van der Waals surface area (Å²) >= 11 is 1.61. The number of hydrogen-bond donors (Lipinski definition) is 1. The van der Waals surface area contributed by atoms with Crippen LogP contribution in [0.25, 0.3) is 11.3 Å². The van der Waals surface area contributed by atoms with Crippen LogP contribution in [0.5, 0.6) is 5.75 Å². The van der Waals surface area contributed by atoms with Gasteiger partial charge in [0.15, 0.2) is 6.10 Å². The van der Waals surface area contributed by atoms with Gasteiger partial charge in [-0.25, -0.2) is 4.98 Å². The van der Waals surface area contributed by atoms with Gasteiger partial charge >= 0.3 is 0 Å². The van der Waals surface area contributed by atoms with Crippen LogP contribution in [0.4, 0.5) is 5.69 Å². The number of rotatable bonds is 2. The lowest BCUT2D eigenvalue weighted by atomic mass is 10.0. The molecule has 0 saturated heterocycles. The number of carbonyl (C=O) groups excluding carboxylic acids is 1. The van der Waals surface area contributed by atoms with Crippen LogP contribution in [0.2, 0.25) is 0 Å². The van der Waals surface area contributed by atoms with Crippen molar-refractivity contribution in [2.24, 2.45) is 5.92 Å². The summed E-state index contributed by atoms with van der Waals surface area (Å²) in [5.74, 6) is 0.781. The summed E-state index contributed by atoms with van der Waals surface area (Å²) in [6.07, 6.45) is -0.422. The van der Waals surface area contributed by atoms with E-state index in [1.54, 1.807) is 11.3 Å². The number of benzene rings is 1. The minimum absolute atomic E-state index is 0.0837. The van der Waals surface area contributed by atoms with Crippen molar-refractivity contribution in [2.75, 3.05) is 5.32 Å². The Hall–Kier alpha value is -1.88. The molecule has 0 aliphatic carbocycles. The lowest BCUT2D eigenvalue weighted by Gasteiger charge is -2.28. The third-order valence-corrected chi connectivity index (χ3v) is 4.13. The molecule has 0 bridgehead atoms. The first-order chi connectivity index (χ1) is 9.56. The fraction of sp³-hybridized carbons (Fsp3) is 0.333. The molecule has 1 N–H and O–H groups in total. The van der Waals surface area contributed by atoms with Gasteiger partial charge < -0.3 is 10.1 Å². The fourth-order valence-corrected chi connectivity index (χ4v) is 2.89. The first-order valence-electron chi connectivity index (χ1n) is 6.58. The van der Waals surface area contributed by atoms with Crippen molar-refractivity contribution in [3.05, 3.63) is 28.6 Å². The third kappa shape index (κ3) is 2.18. The Morgan fingerprint density at radius 2 is 2.20 bits per heavy atom. The maximum Gasteiger partial charge on any atom is 0.265 e. The standard InChI is InChI=1S/C15H16N2O2S/c1-8(2)14-15(18)17-11-6-10(4-5-12(11)19-14)13-9(3)20-7-16-13/h4-8,14H,1-3H3,(H,17,18). The molecule has 1 aliphatic heterocycles. The molecule has 3 rings (SSSR count). The Labute approximate surface area is 121 Å². The zero-order valence-corrected chi connectivity index (χ0v) is 12.5. The van der Waals surface area contributed by atoms with E-state index >= 15 is 0 Å². The number of aryl methyl sites for hydroxylation is 1. The molecule has 1 unspecified atom stereocenters. The van der Waals surface area contributed by atoms with E-state index in [0.29, 0.717) is 0 Å². The molecule has 104 valence electrons. The number of anilines is 1. The van der Waals surface area contributed by atoms with Gasteiger partial charge in [-0.3, -0.25) is 4.79 Å². The molecule has 1 aromatic carbocycles. The topological polar surface area (TPSA) is 51.2 Å². The fourth-order valence-electron chi connectivity index (χ4n) is 2.29. The molecular formula is C15H16N2O2S. The van der Waals surface area contributed by atoms with Crippen LogP contribution in [0.15, 0.2) is 23.7 Å². The quantitative estimate of drug-likeness (QED) is 0.920. The predicted octanol–water partition coefficient (Wildman–Crippen LogP) is 3.47. The summed E-state index contributed by atoms with van der Waals surface area (Å²) in [6, 6.07) is 5.81. The average Bonchev–Trinajstić information content (AvgIpc) is 2.83. The maximum atomic E-state index is 12.0. The number of fused-ring (bicyclic) bond motifs is 1. The smallest absolute Gasteiger partial charge is 0.265 e. The van der Waals surface area contributed by atoms with Crippen molar-refractivity contribution in [1.29, 1.82) is 0 Å². The number of thiazole rings is 1. The number of hydrogen-bond acceptors (Lipinski definition) is 4. The summed E-state index contributed by atoms with van der Waals surface area (Å²) in [6.45, 7) is 5.99. The molecule has 0 saturated carbocycles. The number of nitrogens with one attached hydrogen (secondary N) is 1.